The van der Waals surface area contributed by atoms with Crippen LogP contribution in [-0.2, 0) is 10.0 Å². The number of aryl methyl sites for hydroxylation is 1. The number of benzene rings is 2. The zero-order chi connectivity index (χ0) is 22.4. The summed E-state index contributed by atoms with van der Waals surface area (Å²) in [5.41, 5.74) is 1.30. The van der Waals surface area contributed by atoms with Crippen LogP contribution in [0, 0.1) is 12.7 Å². The van der Waals surface area contributed by atoms with Gasteiger partial charge in [-0.3, -0.25) is 9.52 Å². The molecule has 31 heavy (non-hydrogen) atoms. The first-order valence-corrected chi connectivity index (χ1v) is 12.2. The third-order valence-electron chi connectivity index (χ3n) is 5.61. The van der Waals surface area contributed by atoms with Crippen molar-refractivity contribution in [2.45, 2.75) is 50.5 Å². The van der Waals surface area contributed by atoms with Gasteiger partial charge >= 0.3 is 0 Å². The maximum Gasteiger partial charge on any atom is 0.261 e. The SMILES string of the molecule is CCCCN1CCC(NC(=O)c2cc(S(=O)(=O)Nc3ccc(F)cc3)ccc2C)CC1. The van der Waals surface area contributed by atoms with Crippen LogP contribution < -0.4 is 10.0 Å². The lowest BCUT2D eigenvalue weighted by atomic mass is 10.0. The molecule has 1 aliphatic heterocycles. The van der Waals surface area contributed by atoms with Crippen molar-refractivity contribution in [3.05, 3.63) is 59.4 Å². The quantitative estimate of drug-likeness (QED) is 0.643. The molecule has 8 heteroatoms. The lowest BCUT2D eigenvalue weighted by Gasteiger charge is -2.32. The highest BCUT2D eigenvalue weighted by atomic mass is 32.2. The van der Waals surface area contributed by atoms with E-state index in [4.69, 9.17) is 0 Å². The number of nitrogens with zero attached hydrogens (tertiary/aromatic N) is 1. The van der Waals surface area contributed by atoms with Gasteiger partial charge in [-0.15, -0.1) is 0 Å². The van der Waals surface area contributed by atoms with Gasteiger partial charge in [-0.25, -0.2) is 12.8 Å². The van der Waals surface area contributed by atoms with Gasteiger partial charge in [0.15, 0.2) is 0 Å². The third-order valence-corrected chi connectivity index (χ3v) is 6.99. The van der Waals surface area contributed by atoms with Gasteiger partial charge in [-0.05, 0) is 74.7 Å². The molecule has 2 aromatic rings. The first kappa shape index (κ1) is 23.2. The van der Waals surface area contributed by atoms with Crippen molar-refractivity contribution >= 4 is 21.6 Å². The Morgan fingerprint density at radius 2 is 1.81 bits per heavy atom. The van der Waals surface area contributed by atoms with E-state index in [1.807, 2.05) is 0 Å². The minimum absolute atomic E-state index is 0.0121. The van der Waals surface area contributed by atoms with Crippen LogP contribution in [0.1, 0.15) is 48.5 Å². The molecule has 0 radical (unpaired) electrons. The molecule has 0 aromatic heterocycles. The molecule has 2 aromatic carbocycles. The molecule has 1 saturated heterocycles. The average Bonchev–Trinajstić information content (AvgIpc) is 2.75. The van der Waals surface area contributed by atoms with Gasteiger partial charge in [0.05, 0.1) is 4.90 Å². The van der Waals surface area contributed by atoms with E-state index in [1.165, 1.54) is 49.2 Å². The molecule has 0 saturated carbocycles. The van der Waals surface area contributed by atoms with Gasteiger partial charge in [0.1, 0.15) is 5.82 Å². The molecule has 0 aliphatic carbocycles. The Morgan fingerprint density at radius 1 is 1.13 bits per heavy atom. The normalized spacial score (nSPS) is 15.6. The summed E-state index contributed by atoms with van der Waals surface area (Å²) >= 11 is 0. The van der Waals surface area contributed by atoms with Crippen LogP contribution in [0.3, 0.4) is 0 Å². The van der Waals surface area contributed by atoms with Crippen LogP contribution in [-0.4, -0.2) is 44.9 Å². The summed E-state index contributed by atoms with van der Waals surface area (Å²) in [6, 6.07) is 9.63. The summed E-state index contributed by atoms with van der Waals surface area (Å²) in [7, 11) is -3.91. The summed E-state index contributed by atoms with van der Waals surface area (Å²) < 4.78 is 41.0. The zero-order valence-electron chi connectivity index (χ0n) is 18.0. The molecular weight excluding hydrogens is 417 g/mol. The summed E-state index contributed by atoms with van der Waals surface area (Å²) in [6.45, 7) is 6.97. The zero-order valence-corrected chi connectivity index (χ0v) is 18.8. The number of halogens is 1. The molecular formula is C23H30FN3O3S. The highest BCUT2D eigenvalue weighted by molar-refractivity contribution is 7.92. The maximum atomic E-state index is 13.1. The van der Waals surface area contributed by atoms with Crippen LogP contribution in [0.2, 0.25) is 0 Å². The molecule has 6 nitrogen and oxygen atoms in total. The minimum Gasteiger partial charge on any atom is -0.349 e. The molecule has 0 unspecified atom stereocenters. The Balaban J connectivity index is 1.67. The smallest absolute Gasteiger partial charge is 0.261 e. The topological polar surface area (TPSA) is 78.5 Å². The number of sulfonamides is 1. The van der Waals surface area contributed by atoms with E-state index in [1.54, 1.807) is 13.0 Å². The molecule has 1 fully saturated rings. The second-order valence-electron chi connectivity index (χ2n) is 8.03. The fraction of sp³-hybridized carbons (Fsp3) is 0.435. The van der Waals surface area contributed by atoms with Crippen molar-refractivity contribution in [1.82, 2.24) is 10.2 Å². The van der Waals surface area contributed by atoms with E-state index in [0.29, 0.717) is 11.1 Å². The molecule has 0 bridgehead atoms. The number of carbonyl (C=O) groups excluding carboxylic acids is 1. The van der Waals surface area contributed by atoms with Crippen molar-refractivity contribution in [3.8, 4) is 0 Å². The Bertz CT molecular complexity index is 1000. The molecule has 0 atom stereocenters. The van der Waals surface area contributed by atoms with Crippen LogP contribution in [0.5, 0.6) is 0 Å². The number of anilines is 1. The maximum absolute atomic E-state index is 13.1. The van der Waals surface area contributed by atoms with Crippen molar-refractivity contribution in [2.24, 2.45) is 0 Å². The highest BCUT2D eigenvalue weighted by Gasteiger charge is 2.23. The number of likely N-dealkylation sites (tertiary alicyclic amines) is 1. The minimum atomic E-state index is -3.91. The number of carbonyl (C=O) groups is 1. The number of rotatable bonds is 8. The van der Waals surface area contributed by atoms with Crippen molar-refractivity contribution in [2.75, 3.05) is 24.4 Å². The summed E-state index contributed by atoms with van der Waals surface area (Å²) in [5.74, 6) is -0.711. The number of piperidine rings is 1. The lowest BCUT2D eigenvalue weighted by molar-refractivity contribution is 0.0910. The van der Waals surface area contributed by atoms with Crippen molar-refractivity contribution < 1.29 is 17.6 Å². The number of hydrogen-bond donors (Lipinski definition) is 2. The van der Waals surface area contributed by atoms with E-state index >= 15 is 0 Å². The average molecular weight is 448 g/mol. The van der Waals surface area contributed by atoms with Gasteiger partial charge < -0.3 is 10.2 Å². The van der Waals surface area contributed by atoms with Gasteiger partial charge in [-0.2, -0.15) is 0 Å². The predicted octanol–water partition coefficient (Wildman–Crippen LogP) is 3.93. The molecule has 168 valence electrons. The van der Waals surface area contributed by atoms with Crippen LogP contribution in [0.4, 0.5) is 10.1 Å². The largest absolute Gasteiger partial charge is 0.349 e. The second kappa shape index (κ2) is 10.2. The third kappa shape index (κ3) is 6.27. The second-order valence-corrected chi connectivity index (χ2v) is 9.71. The Kier molecular flexibility index (Phi) is 7.67. The first-order valence-electron chi connectivity index (χ1n) is 10.7. The van der Waals surface area contributed by atoms with Crippen LogP contribution >= 0.6 is 0 Å². The summed E-state index contributed by atoms with van der Waals surface area (Å²) in [6.07, 6.45) is 4.13. The van der Waals surface area contributed by atoms with E-state index < -0.39 is 15.8 Å². The molecule has 0 spiro atoms. The van der Waals surface area contributed by atoms with E-state index in [-0.39, 0.29) is 22.5 Å². The molecule has 3 rings (SSSR count). The number of unbranched alkanes of at least 4 members (excludes halogenated alkanes) is 1. The summed E-state index contributed by atoms with van der Waals surface area (Å²) in [4.78, 5) is 15.3. The fourth-order valence-electron chi connectivity index (χ4n) is 3.69. The number of hydrogen-bond acceptors (Lipinski definition) is 4. The first-order chi connectivity index (χ1) is 14.8. The van der Waals surface area contributed by atoms with Crippen LogP contribution in [0.15, 0.2) is 47.4 Å². The van der Waals surface area contributed by atoms with E-state index in [2.05, 4.69) is 21.9 Å². The molecule has 1 amide bonds. The number of nitrogens with one attached hydrogen (secondary N) is 2. The predicted molar refractivity (Wildman–Crippen MR) is 120 cm³/mol. The standard InChI is InChI=1S/C23H30FN3O3S/c1-3-4-13-27-14-11-19(12-15-27)25-23(28)22-16-21(10-5-17(22)2)31(29,30)26-20-8-6-18(24)7-9-20/h5-10,16,19,26H,3-4,11-15H2,1-2H3,(H,25,28). The van der Waals surface area contributed by atoms with E-state index in [9.17, 15) is 17.6 Å². The molecule has 2 N–H and O–H groups in total. The van der Waals surface area contributed by atoms with Gasteiger partial charge in [-0.1, -0.05) is 19.4 Å². The number of amides is 1. The molecule has 1 heterocycles. The van der Waals surface area contributed by atoms with Gasteiger partial charge in [0.2, 0.25) is 0 Å². The van der Waals surface area contributed by atoms with E-state index in [0.717, 1.165) is 32.5 Å². The Labute approximate surface area is 183 Å². The Morgan fingerprint density at radius 3 is 2.45 bits per heavy atom. The highest BCUT2D eigenvalue weighted by Crippen LogP contribution is 2.20. The van der Waals surface area contributed by atoms with Crippen molar-refractivity contribution in [3.63, 3.8) is 0 Å². The van der Waals surface area contributed by atoms with Gasteiger partial charge in [0, 0.05) is 30.4 Å². The molecule has 1 aliphatic rings. The van der Waals surface area contributed by atoms with Crippen molar-refractivity contribution in [1.29, 1.82) is 0 Å². The Hall–Kier alpha value is -2.45. The fourth-order valence-corrected chi connectivity index (χ4v) is 4.78. The lowest BCUT2D eigenvalue weighted by Crippen LogP contribution is -2.45. The summed E-state index contributed by atoms with van der Waals surface area (Å²) in [5, 5.41) is 3.06. The van der Waals surface area contributed by atoms with Crippen LogP contribution in [0.25, 0.3) is 0 Å². The van der Waals surface area contributed by atoms with Gasteiger partial charge in [0.25, 0.3) is 15.9 Å². The monoisotopic (exact) mass is 447 g/mol.